The summed E-state index contributed by atoms with van der Waals surface area (Å²) >= 11 is 0. The van der Waals surface area contributed by atoms with Gasteiger partial charge in [0.05, 0.1) is 7.18 Å². The molecule has 0 amide bonds. The zero-order valence-electron chi connectivity index (χ0n) is 1.76. The molecule has 0 unspecified atom stereocenters. The minimum atomic E-state index is 0. The lowest BCUT2D eigenvalue weighted by atomic mass is 11.8. The highest BCUT2D eigenvalue weighted by atomic mass is 18.2. The first-order valence-corrected chi connectivity index (χ1v) is 0.378. The van der Waals surface area contributed by atoms with Crippen molar-refractivity contribution in [1.29, 1.82) is 0 Å². The first-order chi connectivity index (χ1) is 1.00. The van der Waals surface area contributed by atoms with Crippen LogP contribution in [0.2, 0.25) is 0 Å². The van der Waals surface area contributed by atoms with Crippen molar-refractivity contribution in [3.05, 3.63) is 0 Å². The third-order valence-corrected chi connectivity index (χ3v) is 0. The largest absolute Gasteiger partial charge is 1.00 e. The van der Waals surface area contributed by atoms with Gasteiger partial charge in [-0.3, -0.25) is 4.39 Å². The summed E-state index contributed by atoms with van der Waals surface area (Å²) in [5, 5.41) is 0. The highest BCUT2D eigenvalue weighted by Gasteiger charge is 0.926. The predicted molar refractivity (Wildman–Crippen MR) is 13.8 cm³/mol. The van der Waals surface area contributed by atoms with Gasteiger partial charge in [-0.2, -0.15) is 0 Å². The van der Waals surface area contributed by atoms with Gasteiger partial charge < -0.3 is 4.70 Å². The summed E-state index contributed by atoms with van der Waals surface area (Å²) in [6.07, 6.45) is 0. The average Bonchev–Trinajstić information content (AvgIpc) is 1.00. The Morgan fingerprint density at radius 1 is 1.25 bits per heavy atom. The maximum Gasteiger partial charge on any atom is 0.0785 e. The van der Waals surface area contributed by atoms with Crippen LogP contribution < -0.4 is 4.70 Å². The Kier molecular flexibility index (Phi) is 5390. The van der Waals surface area contributed by atoms with Crippen LogP contribution in [0.5, 0.6) is 0 Å². The van der Waals surface area contributed by atoms with Crippen LogP contribution >= 0.6 is 0 Å². The van der Waals surface area contributed by atoms with Crippen molar-refractivity contribution in [3.8, 4) is 0 Å². The summed E-state index contributed by atoms with van der Waals surface area (Å²) in [6.45, 7) is 0. The van der Waals surface area contributed by atoms with E-state index in [4.69, 9.17) is 0 Å². The molecule has 0 rings (SSSR count). The Morgan fingerprint density at radius 2 is 1.25 bits per heavy atom. The zero-order valence-corrected chi connectivity index (χ0v) is 1.76. The Labute approximate surface area is 25.0 Å². The molecule has 0 saturated carbocycles. The number of hydrogen-bond acceptors (Lipinski definition) is 0. The summed E-state index contributed by atoms with van der Waals surface area (Å²) in [7, 11) is 0.500. The van der Waals surface area contributed by atoms with Gasteiger partial charge >= 0.3 is 0 Å². The molecule has 2 heteroatoms. The van der Waals surface area contributed by atoms with E-state index >= 15 is 0 Å². The second kappa shape index (κ2) is 505. The molecule has 4 heavy (non-hydrogen) atoms. The Hall–Kier alpha value is -0.140. The fourth-order valence-corrected chi connectivity index (χ4v) is 0. The molecule has 0 nitrogen and oxygen atoms in total. The molecular weight excluding hydrogens is 60.0 g/mol. The molecular formula is C2H7F2-. The summed E-state index contributed by atoms with van der Waals surface area (Å²) in [4.78, 5) is 0. The van der Waals surface area contributed by atoms with Gasteiger partial charge in [0, 0.05) is 0 Å². The molecule has 0 aliphatic carbocycles. The van der Waals surface area contributed by atoms with Crippen molar-refractivity contribution in [2.75, 3.05) is 7.18 Å². The molecule has 0 spiro atoms. The van der Waals surface area contributed by atoms with Crippen molar-refractivity contribution in [2.24, 2.45) is 0 Å². The van der Waals surface area contributed by atoms with Crippen LogP contribution in [0.25, 0.3) is 0 Å². The highest BCUT2D eigenvalue weighted by molar-refractivity contribution is 3.23. The fourth-order valence-electron chi connectivity index (χ4n) is 0. The molecule has 0 aromatic heterocycles. The van der Waals surface area contributed by atoms with Gasteiger partial charge in [0.15, 0.2) is 0 Å². The van der Waals surface area contributed by atoms with Gasteiger partial charge in [0.25, 0.3) is 0 Å². The minimum absolute atomic E-state index is 0. The lowest BCUT2D eigenvalue weighted by Crippen LogP contribution is -3.00. The van der Waals surface area contributed by atoms with E-state index in [0.717, 1.165) is 0 Å². The lowest BCUT2D eigenvalue weighted by molar-refractivity contribution is -0.00000131. The molecule has 30 valence electrons. The van der Waals surface area contributed by atoms with E-state index in [-0.39, 0.29) is 12.1 Å². The molecule has 0 N–H and O–H groups in total. The van der Waals surface area contributed by atoms with E-state index in [2.05, 4.69) is 0 Å². The summed E-state index contributed by atoms with van der Waals surface area (Å²) in [5.41, 5.74) is 0. The third kappa shape index (κ3) is 70.2. The summed E-state index contributed by atoms with van der Waals surface area (Å²) < 4.78 is 9.50. The van der Waals surface area contributed by atoms with E-state index in [1.165, 1.54) is 0 Å². The summed E-state index contributed by atoms with van der Waals surface area (Å²) in [5.74, 6) is 0. The van der Waals surface area contributed by atoms with Crippen LogP contribution in [0.1, 0.15) is 7.43 Å². The number of rotatable bonds is 0. The fraction of sp³-hybridized carbons (Fsp3) is 1.00. The van der Waals surface area contributed by atoms with Crippen LogP contribution in [0.3, 0.4) is 0 Å². The quantitative estimate of drug-likeness (QED) is 0.314. The van der Waals surface area contributed by atoms with Gasteiger partial charge in [-0.1, -0.05) is 7.43 Å². The topological polar surface area (TPSA) is 0 Å². The second-order valence-corrected chi connectivity index (χ2v) is 0. The number of hydrogen-bond donors (Lipinski definition) is 0. The van der Waals surface area contributed by atoms with E-state index < -0.39 is 0 Å². The molecule has 0 bridgehead atoms. The second-order valence-electron chi connectivity index (χ2n) is 0. The number of halogens is 2. The first kappa shape index (κ1) is 42.7. The van der Waals surface area contributed by atoms with Crippen molar-refractivity contribution >= 4 is 0 Å². The Morgan fingerprint density at radius 3 is 1.25 bits per heavy atom. The Balaban J connectivity index is -0.00000000500. The molecule has 0 aliphatic heterocycles. The smallest absolute Gasteiger partial charge is 0.0785 e. The predicted octanol–water partition coefficient (Wildman–Crippen LogP) is -1.77. The van der Waals surface area contributed by atoms with Gasteiger partial charge in [-0.15, -0.1) is 0 Å². The van der Waals surface area contributed by atoms with Crippen LogP contribution in [-0.2, 0) is 0 Å². The van der Waals surface area contributed by atoms with Crippen molar-refractivity contribution < 1.29 is 9.09 Å². The Bertz CT molecular complexity index is 4.00. The minimum Gasteiger partial charge on any atom is -1.00 e. The van der Waals surface area contributed by atoms with Gasteiger partial charge in [0.1, 0.15) is 0 Å². The van der Waals surface area contributed by atoms with Crippen LogP contribution in [0.4, 0.5) is 4.39 Å². The molecule has 0 radical (unpaired) electrons. The molecule has 0 saturated heterocycles. The van der Waals surface area contributed by atoms with Gasteiger partial charge in [-0.25, -0.2) is 0 Å². The van der Waals surface area contributed by atoms with Crippen LogP contribution in [-0.4, -0.2) is 7.18 Å². The van der Waals surface area contributed by atoms with Gasteiger partial charge in [0.2, 0.25) is 0 Å². The molecule has 0 heterocycles. The third-order valence-electron chi connectivity index (χ3n) is 0. The van der Waals surface area contributed by atoms with E-state index in [1.807, 2.05) is 0 Å². The maximum atomic E-state index is 9.50. The first-order valence-electron chi connectivity index (χ1n) is 0.378. The molecule has 0 atom stereocenters. The van der Waals surface area contributed by atoms with Gasteiger partial charge in [-0.05, 0) is 0 Å². The SMILES string of the molecule is C.C[18F].[18F-]. The lowest BCUT2D eigenvalue weighted by Gasteiger charge is -1.10. The van der Waals surface area contributed by atoms with Crippen LogP contribution in [0, 0.1) is 0 Å². The monoisotopic (exact) mass is 67.1 g/mol. The molecule has 0 aliphatic rings. The van der Waals surface area contributed by atoms with E-state index in [0.29, 0.717) is 7.18 Å². The molecule has 0 aromatic carbocycles. The number of alkyl halides is 1. The maximum absolute atomic E-state index is 9.50. The van der Waals surface area contributed by atoms with E-state index in [9.17, 15) is 4.39 Å². The van der Waals surface area contributed by atoms with Crippen LogP contribution in [0.15, 0.2) is 0 Å². The van der Waals surface area contributed by atoms with Crippen molar-refractivity contribution in [1.82, 2.24) is 0 Å². The normalized spacial score (nSPS) is 1.50. The highest BCUT2D eigenvalue weighted by Crippen LogP contribution is 1.16. The molecule has 0 aromatic rings. The standard InChI is InChI=1S/CH3F.CH4.FH/c1-2;;/h1H3;1H4;1H/p-1/i2-1;;1-1. The zero-order chi connectivity index (χ0) is 2.00. The summed E-state index contributed by atoms with van der Waals surface area (Å²) in [6, 6.07) is 0. The molecule has 0 fully saturated rings. The average molecular weight is 67.1 g/mol. The van der Waals surface area contributed by atoms with Crippen molar-refractivity contribution in [2.45, 2.75) is 7.43 Å². The van der Waals surface area contributed by atoms with E-state index in [1.54, 1.807) is 0 Å². The van der Waals surface area contributed by atoms with Crippen molar-refractivity contribution in [3.63, 3.8) is 0 Å².